The first-order chi connectivity index (χ1) is 5.82. The first kappa shape index (κ1) is 10.2. The van der Waals surface area contributed by atoms with Crippen molar-refractivity contribution in [3.63, 3.8) is 0 Å². The fraction of sp³-hybridized carbons (Fsp3) is 0.556. The Balaban J connectivity index is 3.58. The Morgan fingerprint density at radius 3 is 2.38 bits per heavy atom. The summed E-state index contributed by atoms with van der Waals surface area (Å²) >= 11 is 5.08. The van der Waals surface area contributed by atoms with Gasteiger partial charge in [0.05, 0.1) is 0 Å². The summed E-state index contributed by atoms with van der Waals surface area (Å²) < 4.78 is 2.06. The molecule has 0 aliphatic heterocycles. The Bertz CT molecular complexity index is 391. The third kappa shape index (κ3) is 2.06. The Labute approximate surface area is 82.4 Å². The number of aromatic nitrogens is 2. The molecule has 3 nitrogen and oxygen atoms in total. The Hall–Kier alpha value is -0.900. The first-order valence-corrected chi connectivity index (χ1v) is 4.56. The maximum absolute atomic E-state index is 11.6. The van der Waals surface area contributed by atoms with E-state index < -0.39 is 0 Å². The predicted molar refractivity (Wildman–Crippen MR) is 55.6 cm³/mol. The van der Waals surface area contributed by atoms with Gasteiger partial charge in [0, 0.05) is 17.3 Å². The van der Waals surface area contributed by atoms with Crippen LogP contribution in [-0.2, 0) is 5.54 Å². The van der Waals surface area contributed by atoms with Gasteiger partial charge in [-0.25, -0.2) is 0 Å². The highest BCUT2D eigenvalue weighted by molar-refractivity contribution is 7.71. The largest absolute Gasteiger partial charge is 0.336 e. The molecule has 0 radical (unpaired) electrons. The van der Waals surface area contributed by atoms with Gasteiger partial charge in [-0.15, -0.1) is 0 Å². The Morgan fingerprint density at radius 2 is 2.00 bits per heavy atom. The second-order valence-corrected chi connectivity index (χ2v) is 4.49. The van der Waals surface area contributed by atoms with Crippen molar-refractivity contribution in [1.29, 1.82) is 0 Å². The second kappa shape index (κ2) is 3.10. The second-order valence-electron chi connectivity index (χ2n) is 4.10. The van der Waals surface area contributed by atoms with Gasteiger partial charge in [0.1, 0.15) is 0 Å². The van der Waals surface area contributed by atoms with E-state index in [1.807, 2.05) is 27.7 Å². The lowest BCUT2D eigenvalue weighted by Crippen LogP contribution is -2.34. The average molecular weight is 198 g/mol. The minimum absolute atomic E-state index is 0.0475. The van der Waals surface area contributed by atoms with Crippen molar-refractivity contribution in [3.05, 3.63) is 26.9 Å². The molecule has 1 heterocycles. The Kier molecular flexibility index (Phi) is 2.43. The molecule has 0 amide bonds. The van der Waals surface area contributed by atoms with Gasteiger partial charge in [0.15, 0.2) is 4.77 Å². The highest BCUT2D eigenvalue weighted by Gasteiger charge is 2.15. The van der Waals surface area contributed by atoms with E-state index in [1.54, 1.807) is 10.6 Å². The van der Waals surface area contributed by atoms with Crippen molar-refractivity contribution in [2.24, 2.45) is 0 Å². The highest BCUT2D eigenvalue weighted by atomic mass is 32.1. The normalized spacial score (nSPS) is 11.7. The first-order valence-electron chi connectivity index (χ1n) is 4.16. The molecule has 1 N–H and O–H groups in total. The van der Waals surface area contributed by atoms with Crippen molar-refractivity contribution in [1.82, 2.24) is 9.55 Å². The lowest BCUT2D eigenvalue weighted by Gasteiger charge is -2.21. The van der Waals surface area contributed by atoms with Crippen molar-refractivity contribution < 1.29 is 0 Å². The summed E-state index contributed by atoms with van der Waals surface area (Å²) in [4.78, 5) is 14.5. The molecule has 0 atom stereocenters. The van der Waals surface area contributed by atoms with Crippen molar-refractivity contribution in [2.75, 3.05) is 0 Å². The van der Waals surface area contributed by atoms with E-state index >= 15 is 0 Å². The topological polar surface area (TPSA) is 37.8 Å². The van der Waals surface area contributed by atoms with Gasteiger partial charge in [-0.05, 0) is 39.9 Å². The molecule has 1 aromatic rings. The van der Waals surface area contributed by atoms with Crippen LogP contribution in [0.25, 0.3) is 0 Å². The third-order valence-corrected chi connectivity index (χ3v) is 2.02. The number of nitrogens with one attached hydrogen (secondary N) is 1. The van der Waals surface area contributed by atoms with E-state index in [0.29, 0.717) is 4.77 Å². The summed E-state index contributed by atoms with van der Waals surface area (Å²) in [6.45, 7) is 7.68. The lowest BCUT2D eigenvalue weighted by atomic mass is 10.1. The SMILES string of the molecule is Cc1cc(=O)n(C(C)(C)C)c(=S)[nH]1. The Morgan fingerprint density at radius 1 is 1.46 bits per heavy atom. The molecule has 13 heavy (non-hydrogen) atoms. The van der Waals surface area contributed by atoms with Crippen molar-refractivity contribution >= 4 is 12.2 Å². The van der Waals surface area contributed by atoms with Crippen LogP contribution in [0.2, 0.25) is 0 Å². The van der Waals surface area contributed by atoms with E-state index in [2.05, 4.69) is 4.98 Å². The summed E-state index contributed by atoms with van der Waals surface area (Å²) in [6, 6.07) is 1.56. The summed E-state index contributed by atoms with van der Waals surface area (Å²) in [5.41, 5.74) is 0.488. The van der Waals surface area contributed by atoms with E-state index in [-0.39, 0.29) is 11.1 Å². The van der Waals surface area contributed by atoms with Crippen LogP contribution in [0.5, 0.6) is 0 Å². The van der Waals surface area contributed by atoms with E-state index in [9.17, 15) is 4.79 Å². The van der Waals surface area contributed by atoms with Gasteiger partial charge in [0.2, 0.25) is 0 Å². The number of hydrogen-bond donors (Lipinski definition) is 1. The smallest absolute Gasteiger partial charge is 0.254 e. The maximum Gasteiger partial charge on any atom is 0.254 e. The molecule has 0 aliphatic carbocycles. The van der Waals surface area contributed by atoms with E-state index in [0.717, 1.165) is 5.69 Å². The van der Waals surface area contributed by atoms with Gasteiger partial charge in [-0.2, -0.15) is 0 Å². The summed E-state index contributed by atoms with van der Waals surface area (Å²) in [5, 5.41) is 0. The minimum atomic E-state index is -0.266. The zero-order valence-corrected chi connectivity index (χ0v) is 9.16. The van der Waals surface area contributed by atoms with Crippen LogP contribution < -0.4 is 5.56 Å². The number of hydrogen-bond acceptors (Lipinski definition) is 2. The van der Waals surface area contributed by atoms with E-state index in [4.69, 9.17) is 12.2 Å². The molecule has 0 fully saturated rings. The van der Waals surface area contributed by atoms with Crippen molar-refractivity contribution in [2.45, 2.75) is 33.2 Å². The summed E-state index contributed by atoms with van der Waals surface area (Å²) in [6.07, 6.45) is 0. The molecule has 0 aromatic carbocycles. The third-order valence-electron chi connectivity index (χ3n) is 1.74. The molecule has 0 bridgehead atoms. The van der Waals surface area contributed by atoms with Crippen LogP contribution >= 0.6 is 12.2 Å². The summed E-state index contributed by atoms with van der Waals surface area (Å²) in [7, 11) is 0. The molecule has 72 valence electrons. The molecule has 4 heteroatoms. The van der Waals surface area contributed by atoms with Crippen molar-refractivity contribution in [3.8, 4) is 0 Å². The fourth-order valence-corrected chi connectivity index (χ4v) is 1.77. The van der Waals surface area contributed by atoms with Gasteiger partial charge in [-0.1, -0.05) is 0 Å². The molecular formula is C9H14N2OS. The van der Waals surface area contributed by atoms with Gasteiger partial charge in [0.25, 0.3) is 5.56 Å². The molecule has 0 saturated heterocycles. The molecule has 0 saturated carbocycles. The zero-order chi connectivity index (χ0) is 10.2. The molecule has 0 unspecified atom stereocenters. The fourth-order valence-electron chi connectivity index (χ4n) is 1.25. The molecule has 1 aromatic heterocycles. The predicted octanol–water partition coefficient (Wildman–Crippen LogP) is 1.97. The summed E-state index contributed by atoms with van der Waals surface area (Å²) in [5.74, 6) is 0. The van der Waals surface area contributed by atoms with E-state index in [1.165, 1.54) is 0 Å². The number of aryl methyl sites for hydroxylation is 1. The molecular weight excluding hydrogens is 184 g/mol. The van der Waals surface area contributed by atoms with Gasteiger partial charge >= 0.3 is 0 Å². The number of aromatic amines is 1. The zero-order valence-electron chi connectivity index (χ0n) is 8.34. The number of rotatable bonds is 0. The quantitative estimate of drug-likeness (QED) is 0.647. The van der Waals surface area contributed by atoms with Crippen LogP contribution in [0.15, 0.2) is 10.9 Å². The molecule has 0 aliphatic rings. The standard InChI is InChI=1S/C9H14N2OS/c1-6-5-7(12)11(8(13)10-6)9(2,3)4/h5H,1-4H3,(H,10,13). The van der Waals surface area contributed by atoms with Crippen LogP contribution in [-0.4, -0.2) is 9.55 Å². The van der Waals surface area contributed by atoms with Crippen LogP contribution in [0.1, 0.15) is 26.5 Å². The van der Waals surface area contributed by atoms with Gasteiger partial charge < -0.3 is 4.98 Å². The molecule has 1 rings (SSSR count). The van der Waals surface area contributed by atoms with Crippen LogP contribution in [0, 0.1) is 11.7 Å². The van der Waals surface area contributed by atoms with Crippen LogP contribution in [0.4, 0.5) is 0 Å². The van der Waals surface area contributed by atoms with Gasteiger partial charge in [-0.3, -0.25) is 9.36 Å². The number of H-pyrrole nitrogens is 1. The lowest BCUT2D eigenvalue weighted by molar-refractivity contribution is 0.373. The minimum Gasteiger partial charge on any atom is -0.336 e. The van der Waals surface area contributed by atoms with Crippen LogP contribution in [0.3, 0.4) is 0 Å². The average Bonchev–Trinajstić information content (AvgIpc) is 1.78. The maximum atomic E-state index is 11.6. The monoisotopic (exact) mass is 198 g/mol. The number of nitrogens with zero attached hydrogens (tertiary/aromatic N) is 1. The molecule has 0 spiro atoms. The highest BCUT2D eigenvalue weighted by Crippen LogP contribution is 2.10.